The highest BCUT2D eigenvalue weighted by Crippen LogP contribution is 2.18. The van der Waals surface area contributed by atoms with E-state index in [-0.39, 0.29) is 24.2 Å². The van der Waals surface area contributed by atoms with Crippen molar-refractivity contribution in [2.45, 2.75) is 32.7 Å². The number of carbonyl (C=O) groups is 3. The molecule has 0 atom stereocenters. The predicted molar refractivity (Wildman–Crippen MR) is 89.1 cm³/mol. The third kappa shape index (κ3) is 5.08. The standard InChI is InChI=1S/C18H24N2O4/c1-14(21)20(13-15-5-3-2-4-6-15)12-9-17(22)19-10-7-16(8-11-19)18(23)24/h2-6,16H,7-13H2,1H3,(H,23,24). The Kier molecular flexibility index (Phi) is 6.35. The molecule has 0 spiro atoms. The quantitative estimate of drug-likeness (QED) is 0.861. The van der Waals surface area contributed by atoms with E-state index in [1.807, 2.05) is 30.3 Å². The van der Waals surface area contributed by atoms with Gasteiger partial charge >= 0.3 is 5.97 Å². The Labute approximate surface area is 142 Å². The molecule has 0 aromatic heterocycles. The second-order valence-electron chi connectivity index (χ2n) is 6.17. The molecule has 24 heavy (non-hydrogen) atoms. The minimum atomic E-state index is -0.785. The first-order valence-corrected chi connectivity index (χ1v) is 8.27. The maximum absolute atomic E-state index is 12.3. The van der Waals surface area contributed by atoms with Crippen LogP contribution < -0.4 is 0 Å². The molecule has 0 radical (unpaired) electrons. The van der Waals surface area contributed by atoms with E-state index in [2.05, 4.69) is 0 Å². The molecule has 0 aliphatic carbocycles. The summed E-state index contributed by atoms with van der Waals surface area (Å²) < 4.78 is 0. The maximum Gasteiger partial charge on any atom is 0.306 e. The zero-order valence-electron chi connectivity index (χ0n) is 14.0. The van der Waals surface area contributed by atoms with Gasteiger partial charge in [0.2, 0.25) is 11.8 Å². The molecule has 1 saturated heterocycles. The average molecular weight is 332 g/mol. The van der Waals surface area contributed by atoms with Gasteiger partial charge in [-0.15, -0.1) is 0 Å². The maximum atomic E-state index is 12.3. The van der Waals surface area contributed by atoms with Crippen LogP contribution in [0.1, 0.15) is 31.7 Å². The number of nitrogens with zero attached hydrogens (tertiary/aromatic N) is 2. The smallest absolute Gasteiger partial charge is 0.306 e. The van der Waals surface area contributed by atoms with E-state index in [1.165, 1.54) is 6.92 Å². The molecule has 1 N–H and O–H groups in total. The molecule has 6 nitrogen and oxygen atoms in total. The van der Waals surface area contributed by atoms with Crippen molar-refractivity contribution in [1.82, 2.24) is 9.80 Å². The van der Waals surface area contributed by atoms with Gasteiger partial charge in [0.05, 0.1) is 5.92 Å². The van der Waals surface area contributed by atoms with Gasteiger partial charge in [-0.3, -0.25) is 14.4 Å². The Hall–Kier alpha value is -2.37. The number of likely N-dealkylation sites (tertiary alicyclic amines) is 1. The fourth-order valence-electron chi connectivity index (χ4n) is 2.92. The lowest BCUT2D eigenvalue weighted by Crippen LogP contribution is -2.41. The van der Waals surface area contributed by atoms with Crippen LogP contribution in [0.25, 0.3) is 0 Å². The Bertz CT molecular complexity index is 580. The van der Waals surface area contributed by atoms with E-state index in [1.54, 1.807) is 9.80 Å². The predicted octanol–water partition coefficient (Wildman–Crippen LogP) is 1.75. The number of aliphatic carboxylic acids is 1. The van der Waals surface area contributed by atoms with Crippen molar-refractivity contribution >= 4 is 17.8 Å². The minimum Gasteiger partial charge on any atom is -0.481 e. The van der Waals surface area contributed by atoms with Crippen molar-refractivity contribution in [1.29, 1.82) is 0 Å². The van der Waals surface area contributed by atoms with E-state index in [0.29, 0.717) is 39.0 Å². The van der Waals surface area contributed by atoms with E-state index in [4.69, 9.17) is 5.11 Å². The molecule has 1 aliphatic heterocycles. The molecular weight excluding hydrogens is 308 g/mol. The van der Waals surface area contributed by atoms with Gasteiger partial charge in [0.1, 0.15) is 0 Å². The Morgan fingerprint density at radius 1 is 1.17 bits per heavy atom. The molecule has 6 heteroatoms. The van der Waals surface area contributed by atoms with Crippen molar-refractivity contribution < 1.29 is 19.5 Å². The van der Waals surface area contributed by atoms with Crippen molar-refractivity contribution in [3.63, 3.8) is 0 Å². The zero-order valence-corrected chi connectivity index (χ0v) is 14.0. The lowest BCUT2D eigenvalue weighted by Gasteiger charge is -2.31. The molecule has 1 aromatic carbocycles. The van der Waals surface area contributed by atoms with Gasteiger partial charge in [0.15, 0.2) is 0 Å². The minimum absolute atomic E-state index is 0.0156. The monoisotopic (exact) mass is 332 g/mol. The van der Waals surface area contributed by atoms with Gasteiger partial charge in [0.25, 0.3) is 0 Å². The first-order chi connectivity index (χ1) is 11.5. The normalized spacial score (nSPS) is 15.1. The highest BCUT2D eigenvalue weighted by molar-refractivity contribution is 5.78. The van der Waals surface area contributed by atoms with Gasteiger partial charge in [-0.05, 0) is 18.4 Å². The van der Waals surface area contributed by atoms with Gasteiger partial charge in [-0.25, -0.2) is 0 Å². The van der Waals surface area contributed by atoms with Crippen LogP contribution in [-0.2, 0) is 20.9 Å². The molecule has 130 valence electrons. The summed E-state index contributed by atoms with van der Waals surface area (Å²) in [5.41, 5.74) is 1.03. The molecular formula is C18H24N2O4. The van der Waals surface area contributed by atoms with Gasteiger partial charge in [0, 0.05) is 39.5 Å². The van der Waals surface area contributed by atoms with Crippen molar-refractivity contribution in [3.05, 3.63) is 35.9 Å². The number of rotatable bonds is 6. The molecule has 0 bridgehead atoms. The number of benzene rings is 1. The Balaban J connectivity index is 1.82. The van der Waals surface area contributed by atoms with Crippen LogP contribution in [0.15, 0.2) is 30.3 Å². The zero-order chi connectivity index (χ0) is 17.5. The second kappa shape index (κ2) is 8.47. The molecule has 0 unspecified atom stereocenters. The molecule has 2 rings (SSSR count). The van der Waals surface area contributed by atoms with Crippen molar-refractivity contribution in [3.8, 4) is 0 Å². The largest absolute Gasteiger partial charge is 0.481 e. The fraction of sp³-hybridized carbons (Fsp3) is 0.500. The van der Waals surface area contributed by atoms with Gasteiger partial charge < -0.3 is 14.9 Å². The summed E-state index contributed by atoms with van der Waals surface area (Å²) in [6, 6.07) is 9.67. The third-order valence-corrected chi connectivity index (χ3v) is 4.45. The van der Waals surface area contributed by atoms with Crippen molar-refractivity contribution in [2.24, 2.45) is 5.92 Å². The highest BCUT2D eigenvalue weighted by atomic mass is 16.4. The average Bonchev–Trinajstić information content (AvgIpc) is 2.59. The van der Waals surface area contributed by atoms with Crippen LogP contribution in [0.2, 0.25) is 0 Å². The Morgan fingerprint density at radius 2 is 1.79 bits per heavy atom. The van der Waals surface area contributed by atoms with Crippen LogP contribution >= 0.6 is 0 Å². The topological polar surface area (TPSA) is 77.9 Å². The second-order valence-corrected chi connectivity index (χ2v) is 6.17. The van der Waals surface area contributed by atoms with Crippen molar-refractivity contribution in [2.75, 3.05) is 19.6 Å². The first kappa shape index (κ1) is 18.0. The molecule has 1 heterocycles. The number of hydrogen-bond donors (Lipinski definition) is 1. The number of carboxylic acids is 1. The van der Waals surface area contributed by atoms with Crippen LogP contribution in [0.3, 0.4) is 0 Å². The summed E-state index contributed by atoms with van der Waals surface area (Å²) in [6.07, 6.45) is 1.27. The number of amides is 2. The summed E-state index contributed by atoms with van der Waals surface area (Å²) in [4.78, 5) is 38.4. The van der Waals surface area contributed by atoms with Crippen LogP contribution in [0.4, 0.5) is 0 Å². The summed E-state index contributed by atoms with van der Waals surface area (Å²) in [6.45, 7) is 3.33. The SMILES string of the molecule is CC(=O)N(CCC(=O)N1CCC(C(=O)O)CC1)Cc1ccccc1. The molecule has 0 saturated carbocycles. The highest BCUT2D eigenvalue weighted by Gasteiger charge is 2.27. The van der Waals surface area contributed by atoms with Crippen LogP contribution in [0.5, 0.6) is 0 Å². The lowest BCUT2D eigenvalue weighted by atomic mass is 9.97. The van der Waals surface area contributed by atoms with E-state index >= 15 is 0 Å². The molecule has 1 fully saturated rings. The van der Waals surface area contributed by atoms with E-state index in [0.717, 1.165) is 5.56 Å². The number of hydrogen-bond acceptors (Lipinski definition) is 3. The van der Waals surface area contributed by atoms with E-state index in [9.17, 15) is 14.4 Å². The van der Waals surface area contributed by atoms with Gasteiger partial charge in [-0.2, -0.15) is 0 Å². The lowest BCUT2D eigenvalue weighted by molar-refractivity contribution is -0.146. The molecule has 1 aliphatic rings. The summed E-state index contributed by atoms with van der Waals surface area (Å²) in [5, 5.41) is 8.99. The number of carbonyl (C=O) groups excluding carboxylic acids is 2. The van der Waals surface area contributed by atoms with Crippen LogP contribution in [0, 0.1) is 5.92 Å². The first-order valence-electron chi connectivity index (χ1n) is 8.27. The summed E-state index contributed by atoms with van der Waals surface area (Å²) in [7, 11) is 0. The third-order valence-electron chi connectivity index (χ3n) is 4.45. The van der Waals surface area contributed by atoms with E-state index < -0.39 is 5.97 Å². The fourth-order valence-corrected chi connectivity index (χ4v) is 2.92. The number of piperidine rings is 1. The molecule has 1 aromatic rings. The van der Waals surface area contributed by atoms with Crippen LogP contribution in [-0.4, -0.2) is 52.3 Å². The van der Waals surface area contributed by atoms with Gasteiger partial charge in [-0.1, -0.05) is 30.3 Å². The summed E-state index contributed by atoms with van der Waals surface area (Å²) >= 11 is 0. The Morgan fingerprint density at radius 3 is 2.33 bits per heavy atom. The number of carboxylic acid groups (broad SMARTS) is 1. The summed E-state index contributed by atoms with van der Waals surface area (Å²) in [5.74, 6) is -1.21. The molecule has 2 amide bonds.